The first-order chi connectivity index (χ1) is 10.9. The van der Waals surface area contributed by atoms with Gasteiger partial charge in [-0.25, -0.2) is 0 Å². The van der Waals surface area contributed by atoms with Crippen molar-refractivity contribution in [3.8, 4) is 6.07 Å². The van der Waals surface area contributed by atoms with Crippen LogP contribution in [0.5, 0.6) is 0 Å². The molecule has 118 valence electrons. The highest BCUT2D eigenvalue weighted by atomic mass is 16.2. The molecule has 0 saturated carbocycles. The summed E-state index contributed by atoms with van der Waals surface area (Å²) in [4.78, 5) is 26.6. The van der Waals surface area contributed by atoms with Crippen LogP contribution in [0.3, 0.4) is 0 Å². The Morgan fingerprint density at radius 3 is 2.57 bits per heavy atom. The molecule has 1 aromatic carbocycles. The van der Waals surface area contributed by atoms with Crippen LogP contribution in [0.4, 0.5) is 0 Å². The SMILES string of the molecule is CC1(C)CC2(C=C(C#N)C1=O)CC(=O)N(Cc1ccccc1)C2. The Kier molecular flexibility index (Phi) is 3.60. The molecule has 4 nitrogen and oxygen atoms in total. The van der Waals surface area contributed by atoms with Crippen LogP contribution >= 0.6 is 0 Å². The summed E-state index contributed by atoms with van der Waals surface area (Å²) in [5, 5.41) is 9.27. The standard InChI is InChI=1S/C19H20N2O2/c1-18(2)12-19(8-15(10-20)17(18)23)9-16(22)21(13-19)11-14-6-4-3-5-7-14/h3-8H,9,11-13H2,1-2H3. The van der Waals surface area contributed by atoms with Gasteiger partial charge < -0.3 is 4.90 Å². The molecule has 1 aliphatic carbocycles. The summed E-state index contributed by atoms with van der Waals surface area (Å²) in [6, 6.07) is 11.9. The van der Waals surface area contributed by atoms with Crippen LogP contribution in [0.15, 0.2) is 42.0 Å². The highest BCUT2D eigenvalue weighted by Gasteiger charge is 2.50. The van der Waals surface area contributed by atoms with E-state index >= 15 is 0 Å². The predicted octanol–water partition coefficient (Wildman–Crippen LogP) is 2.85. The Morgan fingerprint density at radius 2 is 1.91 bits per heavy atom. The third-order valence-corrected chi connectivity index (χ3v) is 4.80. The van der Waals surface area contributed by atoms with E-state index in [-0.39, 0.29) is 17.3 Å². The number of rotatable bonds is 2. The van der Waals surface area contributed by atoms with E-state index in [4.69, 9.17) is 0 Å². The lowest BCUT2D eigenvalue weighted by Crippen LogP contribution is -2.39. The van der Waals surface area contributed by atoms with Gasteiger partial charge in [0.15, 0.2) is 5.78 Å². The van der Waals surface area contributed by atoms with Gasteiger partial charge in [0.25, 0.3) is 0 Å². The molecule has 1 heterocycles. The monoisotopic (exact) mass is 308 g/mol. The summed E-state index contributed by atoms with van der Waals surface area (Å²) in [5.74, 6) is -0.0212. The van der Waals surface area contributed by atoms with Crippen molar-refractivity contribution in [1.82, 2.24) is 4.90 Å². The zero-order chi connectivity index (χ0) is 16.7. The van der Waals surface area contributed by atoms with E-state index in [0.717, 1.165) is 5.56 Å². The number of allylic oxidation sites excluding steroid dienone is 1. The number of carbonyl (C=O) groups excluding carboxylic acids is 2. The lowest BCUT2D eigenvalue weighted by Gasteiger charge is -2.38. The normalized spacial score (nSPS) is 26.3. The fraction of sp³-hybridized carbons (Fsp3) is 0.421. The number of Topliss-reactive ketones (excluding diaryl/α,β-unsaturated/α-hetero) is 1. The van der Waals surface area contributed by atoms with Crippen LogP contribution in [0.25, 0.3) is 0 Å². The van der Waals surface area contributed by atoms with Crippen LogP contribution in [0.2, 0.25) is 0 Å². The fourth-order valence-corrected chi connectivity index (χ4v) is 3.93. The molecule has 1 unspecified atom stereocenters. The molecule has 0 N–H and O–H groups in total. The highest BCUT2D eigenvalue weighted by molar-refractivity contribution is 6.04. The zero-order valence-electron chi connectivity index (χ0n) is 13.5. The van der Waals surface area contributed by atoms with E-state index in [0.29, 0.717) is 25.9 Å². The summed E-state index contributed by atoms with van der Waals surface area (Å²) in [5.41, 5.74) is 0.307. The number of nitriles is 1. The first-order valence-corrected chi connectivity index (χ1v) is 7.85. The predicted molar refractivity (Wildman–Crippen MR) is 86.0 cm³/mol. The number of amides is 1. The van der Waals surface area contributed by atoms with Crippen molar-refractivity contribution in [2.75, 3.05) is 6.54 Å². The van der Waals surface area contributed by atoms with E-state index < -0.39 is 10.8 Å². The van der Waals surface area contributed by atoms with Crippen molar-refractivity contribution < 1.29 is 9.59 Å². The minimum absolute atomic E-state index is 0.0903. The van der Waals surface area contributed by atoms with Crippen LogP contribution in [-0.2, 0) is 16.1 Å². The number of likely N-dealkylation sites (tertiary alicyclic amines) is 1. The maximum atomic E-state index is 12.5. The summed E-state index contributed by atoms with van der Waals surface area (Å²) in [6.07, 6.45) is 2.74. The maximum Gasteiger partial charge on any atom is 0.223 e. The molecule has 1 fully saturated rings. The number of ketones is 1. The van der Waals surface area contributed by atoms with Gasteiger partial charge >= 0.3 is 0 Å². The third kappa shape index (κ3) is 2.79. The number of hydrogen-bond acceptors (Lipinski definition) is 3. The van der Waals surface area contributed by atoms with E-state index in [1.807, 2.05) is 55.1 Å². The van der Waals surface area contributed by atoms with Crippen molar-refractivity contribution in [1.29, 1.82) is 5.26 Å². The van der Waals surface area contributed by atoms with Crippen molar-refractivity contribution in [3.05, 3.63) is 47.5 Å². The van der Waals surface area contributed by atoms with Gasteiger partial charge in [0.05, 0.1) is 5.57 Å². The van der Waals surface area contributed by atoms with E-state index in [9.17, 15) is 14.9 Å². The second-order valence-corrected chi connectivity index (χ2v) is 7.33. The first-order valence-electron chi connectivity index (χ1n) is 7.85. The quantitative estimate of drug-likeness (QED) is 0.844. The van der Waals surface area contributed by atoms with Gasteiger partial charge in [0, 0.05) is 30.3 Å². The molecule has 2 aliphatic rings. The Labute approximate surface area is 136 Å². The van der Waals surface area contributed by atoms with Crippen molar-refractivity contribution >= 4 is 11.7 Å². The van der Waals surface area contributed by atoms with Gasteiger partial charge in [-0.1, -0.05) is 50.3 Å². The minimum atomic E-state index is -0.594. The Morgan fingerprint density at radius 1 is 1.22 bits per heavy atom. The average Bonchev–Trinajstić information content (AvgIpc) is 2.79. The minimum Gasteiger partial charge on any atom is -0.337 e. The molecule has 3 rings (SSSR count). The number of hydrogen-bond donors (Lipinski definition) is 0. The Balaban J connectivity index is 1.87. The highest BCUT2D eigenvalue weighted by Crippen LogP contribution is 2.48. The van der Waals surface area contributed by atoms with Crippen LogP contribution in [0, 0.1) is 22.2 Å². The van der Waals surface area contributed by atoms with Gasteiger partial charge in [0.1, 0.15) is 6.07 Å². The van der Waals surface area contributed by atoms with E-state index in [1.54, 1.807) is 6.08 Å². The molecule has 4 heteroatoms. The molecule has 1 aromatic rings. The Bertz CT molecular complexity index is 727. The fourth-order valence-electron chi connectivity index (χ4n) is 3.93. The summed E-state index contributed by atoms with van der Waals surface area (Å²) < 4.78 is 0. The second kappa shape index (κ2) is 5.34. The van der Waals surface area contributed by atoms with E-state index in [1.165, 1.54) is 0 Å². The molecule has 0 bridgehead atoms. The van der Waals surface area contributed by atoms with Crippen molar-refractivity contribution in [2.24, 2.45) is 10.8 Å². The molecular formula is C19H20N2O2. The van der Waals surface area contributed by atoms with Crippen LogP contribution in [-0.4, -0.2) is 23.1 Å². The lowest BCUT2D eigenvalue weighted by atomic mass is 9.64. The molecule has 1 saturated heterocycles. The summed E-state index contributed by atoms with van der Waals surface area (Å²) in [7, 11) is 0. The van der Waals surface area contributed by atoms with Crippen molar-refractivity contribution in [3.63, 3.8) is 0 Å². The maximum absolute atomic E-state index is 12.5. The number of carbonyl (C=O) groups is 2. The van der Waals surface area contributed by atoms with Gasteiger partial charge in [-0.3, -0.25) is 9.59 Å². The lowest BCUT2D eigenvalue weighted by molar-refractivity contribution is -0.128. The molecule has 23 heavy (non-hydrogen) atoms. The Hall–Kier alpha value is -2.41. The van der Waals surface area contributed by atoms with Gasteiger partial charge in [0.2, 0.25) is 5.91 Å². The molecular weight excluding hydrogens is 288 g/mol. The van der Waals surface area contributed by atoms with Gasteiger partial charge in [-0.05, 0) is 12.0 Å². The molecule has 1 amide bonds. The molecule has 1 spiro atoms. The second-order valence-electron chi connectivity index (χ2n) is 7.33. The van der Waals surface area contributed by atoms with Gasteiger partial charge in [-0.15, -0.1) is 0 Å². The van der Waals surface area contributed by atoms with Crippen LogP contribution < -0.4 is 0 Å². The van der Waals surface area contributed by atoms with Crippen molar-refractivity contribution in [2.45, 2.75) is 33.2 Å². The van der Waals surface area contributed by atoms with E-state index in [2.05, 4.69) is 0 Å². The number of benzene rings is 1. The first kappa shape index (κ1) is 15.5. The molecule has 1 aliphatic heterocycles. The smallest absolute Gasteiger partial charge is 0.223 e. The zero-order valence-corrected chi connectivity index (χ0v) is 13.5. The molecule has 1 atom stereocenters. The number of nitrogens with zero attached hydrogens (tertiary/aromatic N) is 2. The van der Waals surface area contributed by atoms with Crippen LogP contribution in [0.1, 0.15) is 32.3 Å². The summed E-state index contributed by atoms with van der Waals surface area (Å²) in [6.45, 7) is 4.88. The summed E-state index contributed by atoms with van der Waals surface area (Å²) >= 11 is 0. The average molecular weight is 308 g/mol. The third-order valence-electron chi connectivity index (χ3n) is 4.80. The van der Waals surface area contributed by atoms with Gasteiger partial charge in [-0.2, -0.15) is 5.26 Å². The molecule has 0 radical (unpaired) electrons. The topological polar surface area (TPSA) is 61.2 Å². The largest absolute Gasteiger partial charge is 0.337 e. The molecule has 0 aromatic heterocycles.